The molecule has 0 aliphatic heterocycles. The molecule has 102 valence electrons. The summed E-state index contributed by atoms with van der Waals surface area (Å²) in [5, 5.41) is 0. The van der Waals surface area contributed by atoms with Crippen molar-refractivity contribution in [2.75, 3.05) is 7.11 Å². The molecular formula is C15H21N3O. The summed E-state index contributed by atoms with van der Waals surface area (Å²) in [5.74, 6) is 0.629. The molecule has 0 bridgehead atoms. The minimum absolute atomic E-state index is 0.629. The lowest BCUT2D eigenvalue weighted by Crippen LogP contribution is -1.98. The number of unbranched alkanes of at least 4 members (excludes halogenated alkanes) is 2. The van der Waals surface area contributed by atoms with Crippen LogP contribution in [-0.4, -0.2) is 21.6 Å². The summed E-state index contributed by atoms with van der Waals surface area (Å²) < 4.78 is 7.29. The molecule has 0 radical (unpaired) electrons. The van der Waals surface area contributed by atoms with Crippen LogP contribution in [0.15, 0.2) is 24.7 Å². The largest absolute Gasteiger partial charge is 0.481 e. The van der Waals surface area contributed by atoms with Crippen LogP contribution in [0.4, 0.5) is 0 Å². The summed E-state index contributed by atoms with van der Waals surface area (Å²) in [6.45, 7) is 5.37. The fourth-order valence-electron chi connectivity index (χ4n) is 2.13. The number of aryl methyl sites for hydroxylation is 1. The fraction of sp³-hybridized carbons (Fsp3) is 0.467. The maximum absolute atomic E-state index is 5.07. The van der Waals surface area contributed by atoms with Crippen LogP contribution >= 0.6 is 0 Å². The van der Waals surface area contributed by atoms with Crippen molar-refractivity contribution in [3.63, 3.8) is 0 Å². The van der Waals surface area contributed by atoms with Crippen molar-refractivity contribution >= 4 is 0 Å². The van der Waals surface area contributed by atoms with Crippen LogP contribution in [0.25, 0.3) is 11.3 Å². The second-order valence-corrected chi connectivity index (χ2v) is 4.67. The number of rotatable bonds is 6. The predicted molar refractivity (Wildman–Crippen MR) is 76.3 cm³/mol. The maximum Gasteiger partial charge on any atom is 0.212 e. The highest BCUT2D eigenvalue weighted by Crippen LogP contribution is 2.22. The van der Waals surface area contributed by atoms with E-state index in [1.807, 2.05) is 24.7 Å². The number of hydrogen-bond donors (Lipinski definition) is 0. The average Bonchev–Trinajstić information content (AvgIpc) is 2.81. The molecule has 0 aromatic carbocycles. The zero-order valence-electron chi connectivity index (χ0n) is 11.9. The van der Waals surface area contributed by atoms with Gasteiger partial charge >= 0.3 is 0 Å². The van der Waals surface area contributed by atoms with E-state index >= 15 is 0 Å². The van der Waals surface area contributed by atoms with Gasteiger partial charge in [-0.05, 0) is 19.4 Å². The summed E-state index contributed by atoms with van der Waals surface area (Å²) in [5.41, 5.74) is 3.24. The molecule has 0 N–H and O–H groups in total. The van der Waals surface area contributed by atoms with Crippen molar-refractivity contribution in [1.82, 2.24) is 14.5 Å². The Balaban J connectivity index is 2.15. The quantitative estimate of drug-likeness (QED) is 0.746. The van der Waals surface area contributed by atoms with Gasteiger partial charge in [0.15, 0.2) is 0 Å². The lowest BCUT2D eigenvalue weighted by molar-refractivity contribution is 0.398. The van der Waals surface area contributed by atoms with Gasteiger partial charge in [-0.15, -0.1) is 0 Å². The van der Waals surface area contributed by atoms with Crippen molar-refractivity contribution in [1.29, 1.82) is 0 Å². The van der Waals surface area contributed by atoms with Crippen LogP contribution in [0.5, 0.6) is 5.88 Å². The molecular weight excluding hydrogens is 238 g/mol. The van der Waals surface area contributed by atoms with Gasteiger partial charge in [0.25, 0.3) is 0 Å². The lowest BCUT2D eigenvalue weighted by atomic mass is 10.2. The second kappa shape index (κ2) is 6.36. The molecule has 0 fully saturated rings. The van der Waals surface area contributed by atoms with Crippen LogP contribution in [0.3, 0.4) is 0 Å². The van der Waals surface area contributed by atoms with E-state index in [0.717, 1.165) is 17.8 Å². The van der Waals surface area contributed by atoms with Crippen molar-refractivity contribution in [2.45, 2.75) is 39.7 Å². The average molecular weight is 259 g/mol. The normalized spacial score (nSPS) is 10.7. The number of aromatic nitrogens is 3. The number of methoxy groups -OCH3 is 1. The highest BCUT2D eigenvalue weighted by Gasteiger charge is 2.09. The smallest absolute Gasteiger partial charge is 0.212 e. The van der Waals surface area contributed by atoms with Crippen molar-refractivity contribution in [3.8, 4) is 17.1 Å². The summed E-state index contributed by atoms with van der Waals surface area (Å²) in [4.78, 5) is 8.73. The molecule has 4 heteroatoms. The van der Waals surface area contributed by atoms with Gasteiger partial charge in [0.2, 0.25) is 5.88 Å². The molecule has 0 atom stereocenters. The van der Waals surface area contributed by atoms with E-state index in [1.54, 1.807) is 7.11 Å². The van der Waals surface area contributed by atoms with Gasteiger partial charge in [0, 0.05) is 30.1 Å². The van der Waals surface area contributed by atoms with Gasteiger partial charge in [0.1, 0.15) is 0 Å². The highest BCUT2D eigenvalue weighted by molar-refractivity contribution is 5.60. The Morgan fingerprint density at radius 1 is 1.21 bits per heavy atom. The van der Waals surface area contributed by atoms with Gasteiger partial charge in [-0.1, -0.05) is 19.8 Å². The Bertz CT molecular complexity index is 517. The van der Waals surface area contributed by atoms with E-state index in [-0.39, 0.29) is 0 Å². The summed E-state index contributed by atoms with van der Waals surface area (Å²) >= 11 is 0. The number of pyridine rings is 1. The molecule has 2 rings (SSSR count). The standard InChI is InChI=1S/C15H21N3O/c1-4-5-6-9-18-11-17-15(12(18)2)13-7-8-14(19-3)16-10-13/h7-8,10-11H,4-6,9H2,1-3H3. The van der Waals surface area contributed by atoms with Crippen LogP contribution < -0.4 is 4.74 Å². The monoisotopic (exact) mass is 259 g/mol. The highest BCUT2D eigenvalue weighted by atomic mass is 16.5. The first-order valence-electron chi connectivity index (χ1n) is 6.78. The molecule has 2 heterocycles. The van der Waals surface area contributed by atoms with E-state index in [4.69, 9.17) is 4.74 Å². The maximum atomic E-state index is 5.07. The first kappa shape index (κ1) is 13.6. The third-order valence-electron chi connectivity index (χ3n) is 3.32. The van der Waals surface area contributed by atoms with E-state index < -0.39 is 0 Å². The van der Waals surface area contributed by atoms with Crippen LogP contribution in [0.2, 0.25) is 0 Å². The van der Waals surface area contributed by atoms with E-state index in [0.29, 0.717) is 5.88 Å². The number of ether oxygens (including phenoxy) is 1. The van der Waals surface area contributed by atoms with E-state index in [9.17, 15) is 0 Å². The molecule has 0 aliphatic carbocycles. The minimum Gasteiger partial charge on any atom is -0.481 e. The third-order valence-corrected chi connectivity index (χ3v) is 3.32. The molecule has 0 saturated heterocycles. The lowest BCUT2D eigenvalue weighted by Gasteiger charge is -2.05. The summed E-state index contributed by atoms with van der Waals surface area (Å²) in [6.07, 6.45) is 7.43. The van der Waals surface area contributed by atoms with Crippen LogP contribution in [0.1, 0.15) is 31.9 Å². The summed E-state index contributed by atoms with van der Waals surface area (Å²) in [7, 11) is 1.62. The molecule has 0 spiro atoms. The molecule has 0 saturated carbocycles. The fourth-order valence-corrected chi connectivity index (χ4v) is 2.13. The Hall–Kier alpha value is -1.84. The zero-order valence-corrected chi connectivity index (χ0v) is 11.9. The molecule has 4 nitrogen and oxygen atoms in total. The first-order chi connectivity index (χ1) is 9.26. The zero-order chi connectivity index (χ0) is 13.7. The Kier molecular flexibility index (Phi) is 4.55. The molecule has 0 unspecified atom stereocenters. The SMILES string of the molecule is CCCCCn1cnc(-c2ccc(OC)nc2)c1C. The van der Waals surface area contributed by atoms with Gasteiger partial charge in [-0.25, -0.2) is 9.97 Å². The number of nitrogens with zero attached hydrogens (tertiary/aromatic N) is 3. The second-order valence-electron chi connectivity index (χ2n) is 4.67. The Morgan fingerprint density at radius 3 is 2.68 bits per heavy atom. The number of imidazole rings is 1. The third kappa shape index (κ3) is 3.13. The molecule has 0 aliphatic rings. The number of hydrogen-bond acceptors (Lipinski definition) is 3. The van der Waals surface area contributed by atoms with Crippen molar-refractivity contribution in [3.05, 3.63) is 30.4 Å². The van der Waals surface area contributed by atoms with Gasteiger partial charge in [-0.3, -0.25) is 0 Å². The first-order valence-corrected chi connectivity index (χ1v) is 6.78. The molecule has 19 heavy (non-hydrogen) atoms. The topological polar surface area (TPSA) is 39.9 Å². The van der Waals surface area contributed by atoms with Gasteiger partial charge in [0.05, 0.1) is 19.1 Å². The molecule has 2 aromatic heterocycles. The van der Waals surface area contributed by atoms with Gasteiger partial charge < -0.3 is 9.30 Å². The van der Waals surface area contributed by atoms with Crippen LogP contribution in [-0.2, 0) is 6.54 Å². The van der Waals surface area contributed by atoms with Crippen molar-refractivity contribution < 1.29 is 4.74 Å². The Morgan fingerprint density at radius 2 is 2.05 bits per heavy atom. The minimum atomic E-state index is 0.629. The molecule has 2 aromatic rings. The molecule has 0 amide bonds. The van der Waals surface area contributed by atoms with Gasteiger partial charge in [-0.2, -0.15) is 0 Å². The van der Waals surface area contributed by atoms with Crippen LogP contribution in [0, 0.1) is 6.92 Å². The van der Waals surface area contributed by atoms with E-state index in [2.05, 4.69) is 28.4 Å². The summed E-state index contributed by atoms with van der Waals surface area (Å²) in [6, 6.07) is 3.86. The predicted octanol–water partition coefficient (Wildman–Crippen LogP) is 3.45. The van der Waals surface area contributed by atoms with Crippen molar-refractivity contribution in [2.24, 2.45) is 0 Å². The Labute approximate surface area is 114 Å². The van der Waals surface area contributed by atoms with E-state index in [1.165, 1.54) is 25.0 Å².